The number of aromatic nitrogens is 2. The summed E-state index contributed by atoms with van der Waals surface area (Å²) in [5, 5.41) is 2.72. The Hall–Kier alpha value is -2.14. The SMILES string of the molecule is COc1ccc(-c2csc3nc(C4CCCC4)[nH]c(=O)c23)cc1. The lowest BCUT2D eigenvalue weighted by Gasteiger charge is -2.08. The number of hydrogen-bond donors (Lipinski definition) is 1. The van der Waals surface area contributed by atoms with Crippen LogP contribution in [0.2, 0.25) is 0 Å². The van der Waals surface area contributed by atoms with Crippen molar-refractivity contribution in [2.45, 2.75) is 31.6 Å². The fourth-order valence-corrected chi connectivity index (χ4v) is 4.30. The normalized spacial score (nSPS) is 15.3. The van der Waals surface area contributed by atoms with Crippen LogP contribution in [0.4, 0.5) is 0 Å². The van der Waals surface area contributed by atoms with E-state index in [2.05, 4.69) is 4.98 Å². The molecule has 118 valence electrons. The van der Waals surface area contributed by atoms with Crippen LogP contribution >= 0.6 is 11.3 Å². The van der Waals surface area contributed by atoms with E-state index >= 15 is 0 Å². The molecule has 1 aliphatic carbocycles. The van der Waals surface area contributed by atoms with Crippen LogP contribution in [0.3, 0.4) is 0 Å². The van der Waals surface area contributed by atoms with E-state index in [1.54, 1.807) is 18.4 Å². The minimum absolute atomic E-state index is 0.0241. The second kappa shape index (κ2) is 5.81. The highest BCUT2D eigenvalue weighted by molar-refractivity contribution is 7.17. The summed E-state index contributed by atoms with van der Waals surface area (Å²) in [6.07, 6.45) is 4.72. The number of rotatable bonds is 3. The molecule has 3 aromatic rings. The topological polar surface area (TPSA) is 55.0 Å². The molecule has 0 aliphatic heterocycles. The van der Waals surface area contributed by atoms with E-state index in [1.807, 2.05) is 29.6 Å². The van der Waals surface area contributed by atoms with Crippen molar-refractivity contribution in [3.8, 4) is 16.9 Å². The maximum absolute atomic E-state index is 12.6. The van der Waals surface area contributed by atoms with Gasteiger partial charge >= 0.3 is 0 Å². The van der Waals surface area contributed by atoms with Gasteiger partial charge in [-0.05, 0) is 30.5 Å². The van der Waals surface area contributed by atoms with Crippen molar-refractivity contribution in [1.29, 1.82) is 0 Å². The molecule has 1 aromatic carbocycles. The van der Waals surface area contributed by atoms with Gasteiger partial charge in [0.15, 0.2) is 0 Å². The van der Waals surface area contributed by atoms with Gasteiger partial charge in [-0.1, -0.05) is 25.0 Å². The predicted octanol–water partition coefficient (Wildman–Crippen LogP) is 4.32. The molecule has 1 saturated carbocycles. The summed E-state index contributed by atoms with van der Waals surface area (Å²) in [5.41, 5.74) is 1.93. The minimum atomic E-state index is -0.0241. The summed E-state index contributed by atoms with van der Waals surface area (Å²) in [5.74, 6) is 2.09. The molecule has 23 heavy (non-hydrogen) atoms. The van der Waals surface area contributed by atoms with Gasteiger partial charge in [0.1, 0.15) is 16.4 Å². The van der Waals surface area contributed by atoms with E-state index in [4.69, 9.17) is 9.72 Å². The predicted molar refractivity (Wildman–Crippen MR) is 93.4 cm³/mol. The van der Waals surface area contributed by atoms with Crippen molar-refractivity contribution in [3.05, 3.63) is 45.8 Å². The highest BCUT2D eigenvalue weighted by atomic mass is 32.1. The summed E-state index contributed by atoms with van der Waals surface area (Å²) in [6.45, 7) is 0. The fourth-order valence-electron chi connectivity index (χ4n) is 3.34. The molecule has 0 atom stereocenters. The number of thiophene rings is 1. The number of H-pyrrole nitrogens is 1. The molecule has 0 unspecified atom stereocenters. The Balaban J connectivity index is 1.81. The van der Waals surface area contributed by atoms with Gasteiger partial charge in [-0.25, -0.2) is 4.98 Å². The van der Waals surface area contributed by atoms with Crippen molar-refractivity contribution in [2.24, 2.45) is 0 Å². The van der Waals surface area contributed by atoms with E-state index in [0.29, 0.717) is 11.3 Å². The molecule has 0 saturated heterocycles. The summed E-state index contributed by atoms with van der Waals surface area (Å²) < 4.78 is 5.19. The molecule has 1 fully saturated rings. The number of methoxy groups -OCH3 is 1. The Labute approximate surface area is 138 Å². The highest BCUT2D eigenvalue weighted by Crippen LogP contribution is 2.35. The van der Waals surface area contributed by atoms with Gasteiger partial charge in [-0.15, -0.1) is 11.3 Å². The molecule has 0 radical (unpaired) electrons. The average molecular weight is 326 g/mol. The maximum atomic E-state index is 12.6. The van der Waals surface area contributed by atoms with Crippen molar-refractivity contribution < 1.29 is 4.74 Å². The van der Waals surface area contributed by atoms with Gasteiger partial charge in [-0.3, -0.25) is 4.79 Å². The summed E-state index contributed by atoms with van der Waals surface area (Å²) in [4.78, 5) is 21.2. The Morgan fingerprint density at radius 1 is 1.22 bits per heavy atom. The van der Waals surface area contributed by atoms with Crippen LogP contribution in [0.1, 0.15) is 37.4 Å². The Bertz CT molecular complexity index is 890. The minimum Gasteiger partial charge on any atom is -0.497 e. The van der Waals surface area contributed by atoms with E-state index in [9.17, 15) is 4.79 Å². The van der Waals surface area contributed by atoms with Crippen molar-refractivity contribution in [2.75, 3.05) is 7.11 Å². The molecule has 1 aliphatic rings. The molecule has 2 aromatic heterocycles. The molecule has 0 amide bonds. The first-order valence-electron chi connectivity index (χ1n) is 7.92. The lowest BCUT2D eigenvalue weighted by Crippen LogP contribution is -2.13. The van der Waals surface area contributed by atoms with Gasteiger partial charge in [0.2, 0.25) is 0 Å². The number of hydrogen-bond acceptors (Lipinski definition) is 4. The van der Waals surface area contributed by atoms with E-state index < -0.39 is 0 Å². The molecular weight excluding hydrogens is 308 g/mol. The number of nitrogens with zero attached hydrogens (tertiary/aromatic N) is 1. The number of aromatic amines is 1. The first kappa shape index (κ1) is 14.5. The maximum Gasteiger partial charge on any atom is 0.260 e. The van der Waals surface area contributed by atoms with Crippen molar-refractivity contribution in [3.63, 3.8) is 0 Å². The zero-order valence-electron chi connectivity index (χ0n) is 13.0. The van der Waals surface area contributed by atoms with Crippen LogP contribution in [-0.2, 0) is 0 Å². The fraction of sp³-hybridized carbons (Fsp3) is 0.333. The molecule has 0 bridgehead atoms. The third-order valence-corrected chi connectivity index (χ3v) is 5.48. The van der Waals surface area contributed by atoms with Crippen LogP contribution in [-0.4, -0.2) is 17.1 Å². The zero-order chi connectivity index (χ0) is 15.8. The lowest BCUT2D eigenvalue weighted by molar-refractivity contribution is 0.415. The van der Waals surface area contributed by atoms with Gasteiger partial charge < -0.3 is 9.72 Å². The monoisotopic (exact) mass is 326 g/mol. The zero-order valence-corrected chi connectivity index (χ0v) is 13.8. The van der Waals surface area contributed by atoms with E-state index in [1.165, 1.54) is 12.8 Å². The van der Waals surface area contributed by atoms with Crippen LogP contribution in [0.25, 0.3) is 21.3 Å². The largest absolute Gasteiger partial charge is 0.497 e. The van der Waals surface area contributed by atoms with Crippen LogP contribution < -0.4 is 10.3 Å². The molecule has 2 heterocycles. The molecule has 4 nitrogen and oxygen atoms in total. The standard InChI is InChI=1S/C18H18N2O2S/c1-22-13-8-6-11(7-9-13)14-10-23-18-15(14)17(21)19-16(20-18)12-4-2-3-5-12/h6-10,12H,2-5H2,1H3,(H,19,20,21). The molecule has 0 spiro atoms. The highest BCUT2D eigenvalue weighted by Gasteiger charge is 2.21. The molecule has 1 N–H and O–H groups in total. The second-order valence-corrected chi connectivity index (χ2v) is 6.85. The summed E-state index contributed by atoms with van der Waals surface area (Å²) >= 11 is 1.54. The summed E-state index contributed by atoms with van der Waals surface area (Å²) in [7, 11) is 1.65. The van der Waals surface area contributed by atoms with Crippen LogP contribution in [0, 0.1) is 0 Å². The third kappa shape index (κ3) is 2.55. The quantitative estimate of drug-likeness (QED) is 0.780. The Morgan fingerprint density at radius 3 is 2.65 bits per heavy atom. The molecular formula is C18H18N2O2S. The Kier molecular flexibility index (Phi) is 3.65. The van der Waals surface area contributed by atoms with E-state index in [-0.39, 0.29) is 5.56 Å². The van der Waals surface area contributed by atoms with Crippen molar-refractivity contribution in [1.82, 2.24) is 9.97 Å². The van der Waals surface area contributed by atoms with Crippen molar-refractivity contribution >= 4 is 21.6 Å². The first-order chi connectivity index (χ1) is 11.3. The van der Waals surface area contributed by atoms with E-state index in [0.717, 1.165) is 40.4 Å². The molecule has 5 heteroatoms. The third-order valence-electron chi connectivity index (χ3n) is 4.61. The molecule has 4 rings (SSSR count). The van der Waals surface area contributed by atoms with Gasteiger partial charge in [0.05, 0.1) is 12.5 Å². The number of benzene rings is 1. The van der Waals surface area contributed by atoms with Gasteiger partial charge in [0, 0.05) is 16.9 Å². The van der Waals surface area contributed by atoms with Gasteiger partial charge in [-0.2, -0.15) is 0 Å². The number of fused-ring (bicyclic) bond motifs is 1. The van der Waals surface area contributed by atoms with Crippen LogP contribution in [0.15, 0.2) is 34.4 Å². The number of ether oxygens (including phenoxy) is 1. The van der Waals surface area contributed by atoms with Crippen LogP contribution in [0.5, 0.6) is 5.75 Å². The average Bonchev–Trinajstić information content (AvgIpc) is 3.24. The first-order valence-corrected chi connectivity index (χ1v) is 8.80. The second-order valence-electron chi connectivity index (χ2n) is 5.99. The lowest BCUT2D eigenvalue weighted by atomic mass is 10.1. The smallest absolute Gasteiger partial charge is 0.260 e. The Morgan fingerprint density at radius 2 is 1.96 bits per heavy atom. The van der Waals surface area contributed by atoms with Gasteiger partial charge in [0.25, 0.3) is 5.56 Å². The number of nitrogens with one attached hydrogen (secondary N) is 1. The summed E-state index contributed by atoms with van der Waals surface area (Å²) in [6, 6.07) is 7.77.